The molecule has 0 fully saturated rings. The Balaban J connectivity index is 2.61. The van der Waals surface area contributed by atoms with E-state index in [0.717, 1.165) is 6.54 Å². The van der Waals surface area contributed by atoms with E-state index >= 15 is 0 Å². The van der Waals surface area contributed by atoms with E-state index in [2.05, 4.69) is 72.5 Å². The van der Waals surface area contributed by atoms with Crippen LogP contribution in [0.4, 0.5) is 0 Å². The summed E-state index contributed by atoms with van der Waals surface area (Å²) in [5, 5.41) is 0. The lowest BCUT2D eigenvalue weighted by atomic mass is 10.1. The van der Waals surface area contributed by atoms with Gasteiger partial charge in [-0.3, -0.25) is 4.90 Å². The third kappa shape index (κ3) is 5.38. The second kappa shape index (κ2) is 8.09. The predicted molar refractivity (Wildman–Crippen MR) is 84.2 cm³/mol. The number of rotatable bonds is 7. The van der Waals surface area contributed by atoms with Gasteiger partial charge in [0.05, 0.1) is 0 Å². The van der Waals surface area contributed by atoms with E-state index in [4.69, 9.17) is 0 Å². The average molecular weight is 345 g/mol. The van der Waals surface area contributed by atoms with Crippen LogP contribution < -0.4 is 0 Å². The van der Waals surface area contributed by atoms with Crippen molar-refractivity contribution in [3.8, 4) is 0 Å². The van der Waals surface area contributed by atoms with E-state index < -0.39 is 0 Å². The van der Waals surface area contributed by atoms with E-state index in [9.17, 15) is 0 Å². The molecule has 0 saturated heterocycles. The minimum Gasteiger partial charge on any atom is -0.296 e. The number of nitrogens with zero attached hydrogens (tertiary/aromatic N) is 1. The van der Waals surface area contributed by atoms with Crippen molar-refractivity contribution in [1.82, 2.24) is 4.90 Å². The SMILES string of the molecule is CCCCN(Cc1ccc(I)cc1)C(C)CC. The standard InChI is InChI=1S/C15H24IN/c1-4-6-11-17(13(3)5-2)12-14-7-9-15(16)10-8-14/h7-10,13H,4-6,11-12H2,1-3H3. The van der Waals surface area contributed by atoms with Gasteiger partial charge in [0, 0.05) is 16.2 Å². The summed E-state index contributed by atoms with van der Waals surface area (Å²) in [6.45, 7) is 9.18. The summed E-state index contributed by atoms with van der Waals surface area (Å²) < 4.78 is 1.31. The maximum absolute atomic E-state index is 2.60. The van der Waals surface area contributed by atoms with Crippen LogP contribution in [0, 0.1) is 3.57 Å². The van der Waals surface area contributed by atoms with Crippen molar-refractivity contribution in [3.05, 3.63) is 33.4 Å². The fourth-order valence-electron chi connectivity index (χ4n) is 1.90. The van der Waals surface area contributed by atoms with Crippen molar-refractivity contribution in [2.24, 2.45) is 0 Å². The lowest BCUT2D eigenvalue weighted by Crippen LogP contribution is -2.33. The zero-order chi connectivity index (χ0) is 12.7. The molecular formula is C15H24IN. The lowest BCUT2D eigenvalue weighted by molar-refractivity contribution is 0.192. The fourth-order valence-corrected chi connectivity index (χ4v) is 2.26. The first-order valence-electron chi connectivity index (χ1n) is 6.65. The van der Waals surface area contributed by atoms with Gasteiger partial charge in [-0.05, 0) is 66.6 Å². The predicted octanol–water partition coefficient (Wildman–Crippen LogP) is 4.69. The summed E-state index contributed by atoms with van der Waals surface area (Å²) >= 11 is 2.36. The zero-order valence-electron chi connectivity index (χ0n) is 11.2. The van der Waals surface area contributed by atoms with E-state index in [1.807, 2.05) is 0 Å². The molecule has 0 heterocycles. The first kappa shape index (κ1) is 15.0. The van der Waals surface area contributed by atoms with Crippen LogP contribution in [-0.4, -0.2) is 17.5 Å². The lowest BCUT2D eigenvalue weighted by Gasteiger charge is -2.28. The monoisotopic (exact) mass is 345 g/mol. The Bertz CT molecular complexity index is 307. The molecule has 0 aliphatic carbocycles. The highest BCUT2D eigenvalue weighted by Gasteiger charge is 2.11. The Labute approximate surface area is 120 Å². The highest BCUT2D eigenvalue weighted by atomic mass is 127. The molecule has 1 atom stereocenters. The molecule has 0 aliphatic rings. The van der Waals surface area contributed by atoms with Gasteiger partial charge in [0.1, 0.15) is 0 Å². The maximum atomic E-state index is 2.60. The van der Waals surface area contributed by atoms with Gasteiger partial charge >= 0.3 is 0 Å². The number of halogens is 1. The molecule has 0 spiro atoms. The Morgan fingerprint density at radius 3 is 2.35 bits per heavy atom. The molecule has 1 aromatic rings. The van der Waals surface area contributed by atoms with Crippen molar-refractivity contribution in [3.63, 3.8) is 0 Å². The smallest absolute Gasteiger partial charge is 0.0236 e. The molecule has 0 aromatic heterocycles. The first-order chi connectivity index (χ1) is 8.17. The van der Waals surface area contributed by atoms with Crippen LogP contribution in [0.15, 0.2) is 24.3 Å². The van der Waals surface area contributed by atoms with E-state index in [0.29, 0.717) is 6.04 Å². The van der Waals surface area contributed by atoms with Crippen molar-refractivity contribution >= 4 is 22.6 Å². The number of unbranched alkanes of at least 4 members (excludes halogenated alkanes) is 1. The van der Waals surface area contributed by atoms with Crippen LogP contribution >= 0.6 is 22.6 Å². The third-order valence-corrected chi connectivity index (χ3v) is 4.03. The molecule has 0 aliphatic heterocycles. The first-order valence-corrected chi connectivity index (χ1v) is 7.73. The van der Waals surface area contributed by atoms with E-state index in [1.54, 1.807) is 0 Å². The molecule has 0 bridgehead atoms. The van der Waals surface area contributed by atoms with Gasteiger partial charge in [-0.2, -0.15) is 0 Å². The zero-order valence-corrected chi connectivity index (χ0v) is 13.4. The molecule has 1 rings (SSSR count). The minimum absolute atomic E-state index is 0.681. The molecule has 0 radical (unpaired) electrons. The minimum atomic E-state index is 0.681. The molecule has 96 valence electrons. The van der Waals surface area contributed by atoms with Crippen LogP contribution in [0.2, 0.25) is 0 Å². The summed E-state index contributed by atoms with van der Waals surface area (Å²) in [5.74, 6) is 0. The van der Waals surface area contributed by atoms with Gasteiger partial charge in [-0.25, -0.2) is 0 Å². The highest BCUT2D eigenvalue weighted by Crippen LogP contribution is 2.13. The molecule has 1 aromatic carbocycles. The molecule has 0 saturated carbocycles. The van der Waals surface area contributed by atoms with Crippen LogP contribution in [0.5, 0.6) is 0 Å². The van der Waals surface area contributed by atoms with Gasteiger partial charge < -0.3 is 0 Å². The quantitative estimate of drug-likeness (QED) is 0.648. The molecule has 17 heavy (non-hydrogen) atoms. The summed E-state index contributed by atoms with van der Waals surface area (Å²) in [6.07, 6.45) is 3.81. The van der Waals surface area contributed by atoms with Gasteiger partial charge in [-0.15, -0.1) is 0 Å². The second-order valence-electron chi connectivity index (χ2n) is 4.71. The van der Waals surface area contributed by atoms with Crippen molar-refractivity contribution < 1.29 is 0 Å². The second-order valence-corrected chi connectivity index (χ2v) is 5.95. The third-order valence-electron chi connectivity index (χ3n) is 3.31. The fraction of sp³-hybridized carbons (Fsp3) is 0.600. The van der Waals surface area contributed by atoms with Crippen molar-refractivity contribution in [2.75, 3.05) is 6.54 Å². The number of hydrogen-bond acceptors (Lipinski definition) is 1. The van der Waals surface area contributed by atoms with Crippen molar-refractivity contribution in [2.45, 2.75) is 52.6 Å². The molecule has 0 amide bonds. The van der Waals surface area contributed by atoms with Crippen LogP contribution in [0.25, 0.3) is 0 Å². The number of hydrogen-bond donors (Lipinski definition) is 0. The molecular weight excluding hydrogens is 321 g/mol. The molecule has 1 nitrogen and oxygen atoms in total. The Kier molecular flexibility index (Phi) is 7.12. The van der Waals surface area contributed by atoms with Crippen LogP contribution in [0.3, 0.4) is 0 Å². The van der Waals surface area contributed by atoms with Gasteiger partial charge in [-0.1, -0.05) is 32.4 Å². The van der Waals surface area contributed by atoms with Gasteiger partial charge in [0.2, 0.25) is 0 Å². The summed E-state index contributed by atoms with van der Waals surface area (Å²) in [4.78, 5) is 2.60. The maximum Gasteiger partial charge on any atom is 0.0236 e. The van der Waals surface area contributed by atoms with Crippen molar-refractivity contribution in [1.29, 1.82) is 0 Å². The largest absolute Gasteiger partial charge is 0.296 e. The molecule has 2 heteroatoms. The summed E-state index contributed by atoms with van der Waals surface area (Å²) in [7, 11) is 0. The van der Waals surface area contributed by atoms with Crippen LogP contribution in [-0.2, 0) is 6.54 Å². The topological polar surface area (TPSA) is 3.24 Å². The number of benzene rings is 1. The molecule has 1 unspecified atom stereocenters. The Hall–Kier alpha value is -0.0900. The van der Waals surface area contributed by atoms with Crippen LogP contribution in [0.1, 0.15) is 45.6 Å². The van der Waals surface area contributed by atoms with E-state index in [-0.39, 0.29) is 0 Å². The Morgan fingerprint density at radius 2 is 1.82 bits per heavy atom. The highest BCUT2D eigenvalue weighted by molar-refractivity contribution is 14.1. The summed E-state index contributed by atoms with van der Waals surface area (Å²) in [6, 6.07) is 9.59. The summed E-state index contributed by atoms with van der Waals surface area (Å²) in [5.41, 5.74) is 1.43. The normalized spacial score (nSPS) is 13.0. The molecule has 0 N–H and O–H groups in total. The Morgan fingerprint density at radius 1 is 1.18 bits per heavy atom. The van der Waals surface area contributed by atoms with Gasteiger partial charge in [0.15, 0.2) is 0 Å². The average Bonchev–Trinajstić information content (AvgIpc) is 2.36. The van der Waals surface area contributed by atoms with E-state index in [1.165, 1.54) is 34.9 Å². The van der Waals surface area contributed by atoms with Gasteiger partial charge in [0.25, 0.3) is 0 Å².